The molecule has 0 aliphatic rings. The van der Waals surface area contributed by atoms with Gasteiger partial charge in [-0.15, -0.1) is 0 Å². The van der Waals surface area contributed by atoms with E-state index in [4.69, 9.17) is 0 Å². The quantitative estimate of drug-likeness (QED) is 0.817. The van der Waals surface area contributed by atoms with Crippen LogP contribution < -0.4 is 10.9 Å². The van der Waals surface area contributed by atoms with Gasteiger partial charge in [-0.1, -0.05) is 30.3 Å². The number of aryl methyl sites for hydroxylation is 3. The molecule has 0 radical (unpaired) electrons. The van der Waals surface area contributed by atoms with Crippen LogP contribution in [0.2, 0.25) is 0 Å². The van der Waals surface area contributed by atoms with Crippen LogP contribution in [0.1, 0.15) is 23.4 Å². The van der Waals surface area contributed by atoms with Gasteiger partial charge in [0, 0.05) is 12.1 Å². The maximum atomic E-state index is 11.8. The predicted octanol–water partition coefficient (Wildman–Crippen LogP) is 1.28. The molecule has 2 N–H and O–H groups in total. The number of carbonyl (C=O) groups is 2. The van der Waals surface area contributed by atoms with E-state index >= 15 is 0 Å². The minimum Gasteiger partial charge on any atom is -0.273 e. The second-order valence-electron chi connectivity index (χ2n) is 5.17. The first kappa shape index (κ1) is 15.8. The number of carbonyl (C=O) groups excluding carboxylic acids is 2. The molecule has 0 aliphatic heterocycles. The third-order valence-electron chi connectivity index (χ3n) is 3.22. The van der Waals surface area contributed by atoms with Gasteiger partial charge in [0.25, 0.3) is 5.91 Å². The van der Waals surface area contributed by atoms with Gasteiger partial charge in [-0.05, 0) is 31.9 Å². The molecule has 1 aromatic heterocycles. The molecule has 0 bridgehead atoms. The van der Waals surface area contributed by atoms with Crippen molar-refractivity contribution >= 4 is 11.8 Å². The number of rotatable bonds is 5. The molecule has 1 heterocycles. The van der Waals surface area contributed by atoms with Gasteiger partial charge in [-0.2, -0.15) is 5.10 Å². The number of nitrogens with zero attached hydrogens (tertiary/aromatic N) is 2. The van der Waals surface area contributed by atoms with Crippen LogP contribution in [0.4, 0.5) is 0 Å². The fraction of sp³-hybridized carbons (Fsp3) is 0.312. The molecule has 6 heteroatoms. The number of amides is 2. The Morgan fingerprint density at radius 3 is 2.41 bits per heavy atom. The Morgan fingerprint density at radius 2 is 1.77 bits per heavy atom. The van der Waals surface area contributed by atoms with Gasteiger partial charge in [-0.25, -0.2) is 0 Å². The molecule has 0 aliphatic carbocycles. The number of aromatic nitrogens is 2. The van der Waals surface area contributed by atoms with Crippen molar-refractivity contribution in [1.82, 2.24) is 20.6 Å². The van der Waals surface area contributed by atoms with Gasteiger partial charge in [0.05, 0.1) is 5.69 Å². The van der Waals surface area contributed by atoms with Gasteiger partial charge >= 0.3 is 0 Å². The van der Waals surface area contributed by atoms with E-state index in [9.17, 15) is 9.59 Å². The standard InChI is InChI=1S/C16H20N4O2/c1-12-10-13(2)20(19-12)11-16(22)18-17-15(21)9-8-14-6-4-3-5-7-14/h3-7,10H,8-9,11H2,1-2H3,(H,17,21)(H,18,22). The van der Waals surface area contributed by atoms with Crippen molar-refractivity contribution in [3.63, 3.8) is 0 Å². The Kier molecular flexibility index (Phi) is 5.30. The van der Waals surface area contributed by atoms with Crippen LogP contribution in [0.3, 0.4) is 0 Å². The molecule has 0 spiro atoms. The van der Waals surface area contributed by atoms with Crippen LogP contribution in [0.25, 0.3) is 0 Å². The summed E-state index contributed by atoms with van der Waals surface area (Å²) < 4.78 is 1.60. The van der Waals surface area contributed by atoms with E-state index in [0.717, 1.165) is 17.0 Å². The summed E-state index contributed by atoms with van der Waals surface area (Å²) in [4.78, 5) is 23.5. The molecule has 2 aromatic rings. The molecule has 2 rings (SSSR count). The smallest absolute Gasteiger partial charge is 0.260 e. The van der Waals surface area contributed by atoms with Crippen LogP contribution in [-0.4, -0.2) is 21.6 Å². The predicted molar refractivity (Wildman–Crippen MR) is 82.7 cm³/mol. The molecule has 0 saturated heterocycles. The Hall–Kier alpha value is -2.63. The minimum absolute atomic E-state index is 0.0820. The summed E-state index contributed by atoms with van der Waals surface area (Å²) >= 11 is 0. The third kappa shape index (κ3) is 4.73. The van der Waals surface area contributed by atoms with E-state index in [0.29, 0.717) is 12.8 Å². The highest BCUT2D eigenvalue weighted by molar-refractivity contribution is 5.81. The van der Waals surface area contributed by atoms with Gasteiger partial charge in [0.15, 0.2) is 0 Å². The normalized spacial score (nSPS) is 10.3. The summed E-state index contributed by atoms with van der Waals surface area (Å²) in [6, 6.07) is 11.6. The monoisotopic (exact) mass is 300 g/mol. The second kappa shape index (κ2) is 7.40. The number of hydrogen-bond acceptors (Lipinski definition) is 3. The van der Waals surface area contributed by atoms with Gasteiger partial charge in [0.2, 0.25) is 5.91 Å². The van der Waals surface area contributed by atoms with Crippen LogP contribution in [0.5, 0.6) is 0 Å². The van der Waals surface area contributed by atoms with E-state index < -0.39 is 0 Å². The molecule has 22 heavy (non-hydrogen) atoms. The lowest BCUT2D eigenvalue weighted by Gasteiger charge is -2.08. The summed E-state index contributed by atoms with van der Waals surface area (Å²) in [6.07, 6.45) is 0.963. The number of benzene rings is 1. The summed E-state index contributed by atoms with van der Waals surface area (Å²) in [6.45, 7) is 3.83. The van der Waals surface area contributed by atoms with Gasteiger partial charge in [-0.3, -0.25) is 25.1 Å². The fourth-order valence-corrected chi connectivity index (χ4v) is 2.12. The Bertz CT molecular complexity index is 649. The molecular formula is C16H20N4O2. The number of nitrogens with one attached hydrogen (secondary N) is 2. The zero-order chi connectivity index (χ0) is 15.9. The minimum atomic E-state index is -0.306. The van der Waals surface area contributed by atoms with E-state index in [-0.39, 0.29) is 18.4 Å². The summed E-state index contributed by atoms with van der Waals surface area (Å²) in [5.41, 5.74) is 7.68. The summed E-state index contributed by atoms with van der Waals surface area (Å²) in [7, 11) is 0. The highest BCUT2D eigenvalue weighted by Crippen LogP contribution is 2.02. The van der Waals surface area contributed by atoms with Crippen LogP contribution in [0, 0.1) is 13.8 Å². The highest BCUT2D eigenvalue weighted by atomic mass is 16.2. The lowest BCUT2D eigenvalue weighted by Crippen LogP contribution is -2.43. The van der Waals surface area contributed by atoms with E-state index in [2.05, 4.69) is 16.0 Å². The lowest BCUT2D eigenvalue weighted by atomic mass is 10.1. The van der Waals surface area contributed by atoms with Crippen LogP contribution in [0.15, 0.2) is 36.4 Å². The summed E-state index contributed by atoms with van der Waals surface area (Å²) in [5, 5.41) is 4.20. The topological polar surface area (TPSA) is 76.0 Å². The van der Waals surface area contributed by atoms with E-state index in [1.165, 1.54) is 0 Å². The third-order valence-corrected chi connectivity index (χ3v) is 3.22. The maximum absolute atomic E-state index is 11.8. The van der Waals surface area contributed by atoms with E-state index in [1.807, 2.05) is 50.2 Å². The van der Waals surface area contributed by atoms with Crippen molar-refractivity contribution in [1.29, 1.82) is 0 Å². The van der Waals surface area contributed by atoms with Crippen molar-refractivity contribution in [2.24, 2.45) is 0 Å². The van der Waals surface area contributed by atoms with Crippen molar-refractivity contribution in [2.75, 3.05) is 0 Å². The lowest BCUT2D eigenvalue weighted by molar-refractivity contribution is -0.129. The first-order chi connectivity index (χ1) is 10.5. The Morgan fingerprint density at radius 1 is 1.09 bits per heavy atom. The van der Waals surface area contributed by atoms with Crippen LogP contribution >= 0.6 is 0 Å². The van der Waals surface area contributed by atoms with Gasteiger partial charge < -0.3 is 0 Å². The summed E-state index contributed by atoms with van der Waals surface area (Å²) in [5.74, 6) is -0.523. The van der Waals surface area contributed by atoms with Crippen molar-refractivity contribution in [2.45, 2.75) is 33.2 Å². The second-order valence-corrected chi connectivity index (χ2v) is 5.17. The largest absolute Gasteiger partial charge is 0.273 e. The van der Waals surface area contributed by atoms with Crippen molar-refractivity contribution < 1.29 is 9.59 Å². The molecule has 1 aromatic carbocycles. The van der Waals surface area contributed by atoms with Crippen LogP contribution in [-0.2, 0) is 22.6 Å². The first-order valence-corrected chi connectivity index (χ1v) is 7.17. The SMILES string of the molecule is Cc1cc(C)n(CC(=O)NNC(=O)CCc2ccccc2)n1. The molecule has 6 nitrogen and oxygen atoms in total. The molecule has 116 valence electrons. The highest BCUT2D eigenvalue weighted by Gasteiger charge is 2.08. The Labute approximate surface area is 129 Å². The molecule has 0 unspecified atom stereocenters. The zero-order valence-corrected chi connectivity index (χ0v) is 12.8. The molecule has 2 amide bonds. The number of hydrogen-bond donors (Lipinski definition) is 2. The maximum Gasteiger partial charge on any atom is 0.260 e. The zero-order valence-electron chi connectivity index (χ0n) is 12.8. The molecule has 0 fully saturated rings. The molecule has 0 atom stereocenters. The van der Waals surface area contributed by atoms with Gasteiger partial charge in [0.1, 0.15) is 6.54 Å². The average molecular weight is 300 g/mol. The van der Waals surface area contributed by atoms with E-state index in [1.54, 1.807) is 4.68 Å². The van der Waals surface area contributed by atoms with Crippen molar-refractivity contribution in [3.05, 3.63) is 53.3 Å². The molecule has 0 saturated carbocycles. The van der Waals surface area contributed by atoms with Crippen molar-refractivity contribution in [3.8, 4) is 0 Å². The fourth-order valence-electron chi connectivity index (χ4n) is 2.12. The number of hydrazine groups is 1. The average Bonchev–Trinajstić information content (AvgIpc) is 2.82. The first-order valence-electron chi connectivity index (χ1n) is 7.17. The Balaban J connectivity index is 1.72. The molecular weight excluding hydrogens is 280 g/mol.